The van der Waals surface area contributed by atoms with Crippen LogP contribution in [-0.4, -0.2) is 38.5 Å². The number of hydrogen-bond donors (Lipinski definition) is 1. The monoisotopic (exact) mass is 245 g/mol. The fraction of sp³-hybridized carbons (Fsp3) is 1.00. The molecule has 0 saturated carbocycles. The number of hydrogen-bond acceptors (Lipinski definition) is 3. The molecule has 3 heteroatoms. The number of rotatable bonds is 10. The van der Waals surface area contributed by atoms with Gasteiger partial charge in [0.05, 0.1) is 25.4 Å². The van der Waals surface area contributed by atoms with Gasteiger partial charge in [0, 0.05) is 6.54 Å². The molecule has 0 heterocycles. The highest BCUT2D eigenvalue weighted by atomic mass is 16.5. The molecule has 0 atom stereocenters. The number of nitrogens with one attached hydrogen (secondary N) is 1. The van der Waals surface area contributed by atoms with Gasteiger partial charge in [0.25, 0.3) is 0 Å². The van der Waals surface area contributed by atoms with Crippen molar-refractivity contribution in [3.63, 3.8) is 0 Å². The summed E-state index contributed by atoms with van der Waals surface area (Å²) in [6.45, 7) is 14.9. The predicted molar refractivity (Wildman–Crippen MR) is 73.5 cm³/mol. The lowest BCUT2D eigenvalue weighted by molar-refractivity contribution is -0.0343. The summed E-state index contributed by atoms with van der Waals surface area (Å²) in [7, 11) is 0. The maximum atomic E-state index is 5.56. The molecule has 0 aromatic heterocycles. The van der Waals surface area contributed by atoms with E-state index < -0.39 is 0 Å². The molecule has 0 saturated heterocycles. The first-order valence-corrected chi connectivity index (χ1v) is 6.84. The molecule has 0 spiro atoms. The molecular formula is C14H31NO2. The van der Waals surface area contributed by atoms with Crippen LogP contribution in [-0.2, 0) is 9.47 Å². The van der Waals surface area contributed by atoms with E-state index in [2.05, 4.69) is 39.9 Å². The van der Waals surface area contributed by atoms with Crippen LogP contribution in [0.4, 0.5) is 0 Å². The molecule has 0 rings (SSSR count). The van der Waals surface area contributed by atoms with Crippen molar-refractivity contribution in [3.8, 4) is 0 Å². The minimum atomic E-state index is -0.0571. The lowest BCUT2D eigenvalue weighted by Gasteiger charge is -2.19. The highest BCUT2D eigenvalue weighted by Gasteiger charge is 2.08. The standard InChI is InChI=1S/C14H31NO2/c1-13(2)7-6-8-15-9-10-16-11-12-17-14(3,4)5/h13,15H,6-12H2,1-5H3. The molecule has 0 unspecified atom stereocenters. The maximum absolute atomic E-state index is 5.56. The van der Waals surface area contributed by atoms with Crippen LogP contribution in [0.3, 0.4) is 0 Å². The Labute approximate surface area is 107 Å². The summed E-state index contributed by atoms with van der Waals surface area (Å²) in [4.78, 5) is 0. The lowest BCUT2D eigenvalue weighted by Crippen LogP contribution is -2.24. The van der Waals surface area contributed by atoms with Crippen LogP contribution < -0.4 is 5.32 Å². The van der Waals surface area contributed by atoms with Crippen LogP contribution in [0.2, 0.25) is 0 Å². The first kappa shape index (κ1) is 16.9. The molecule has 0 radical (unpaired) electrons. The van der Waals surface area contributed by atoms with Crippen LogP contribution in [0.1, 0.15) is 47.5 Å². The Bertz CT molecular complexity index is 164. The Morgan fingerprint density at radius 1 is 1.00 bits per heavy atom. The molecule has 0 aliphatic heterocycles. The van der Waals surface area contributed by atoms with Gasteiger partial charge in [-0.3, -0.25) is 0 Å². The number of ether oxygens (including phenoxy) is 2. The van der Waals surface area contributed by atoms with Crippen molar-refractivity contribution < 1.29 is 9.47 Å². The van der Waals surface area contributed by atoms with E-state index in [1.54, 1.807) is 0 Å². The topological polar surface area (TPSA) is 30.5 Å². The van der Waals surface area contributed by atoms with E-state index in [-0.39, 0.29) is 5.60 Å². The van der Waals surface area contributed by atoms with E-state index in [1.807, 2.05) is 0 Å². The summed E-state index contributed by atoms with van der Waals surface area (Å²) < 4.78 is 11.0. The summed E-state index contributed by atoms with van der Waals surface area (Å²) >= 11 is 0. The van der Waals surface area contributed by atoms with Gasteiger partial charge in [0.1, 0.15) is 0 Å². The molecule has 0 aliphatic carbocycles. The molecule has 17 heavy (non-hydrogen) atoms. The van der Waals surface area contributed by atoms with Crippen LogP contribution in [0, 0.1) is 5.92 Å². The summed E-state index contributed by atoms with van der Waals surface area (Å²) in [6, 6.07) is 0. The normalized spacial score (nSPS) is 12.4. The van der Waals surface area contributed by atoms with Gasteiger partial charge in [-0.1, -0.05) is 13.8 Å². The highest BCUT2D eigenvalue weighted by Crippen LogP contribution is 2.05. The highest BCUT2D eigenvalue weighted by molar-refractivity contribution is 4.58. The van der Waals surface area contributed by atoms with E-state index in [0.717, 1.165) is 25.6 Å². The molecule has 1 N–H and O–H groups in total. The Balaban J connectivity index is 3.04. The van der Waals surface area contributed by atoms with E-state index in [4.69, 9.17) is 9.47 Å². The van der Waals surface area contributed by atoms with Gasteiger partial charge < -0.3 is 14.8 Å². The second-order valence-corrected chi connectivity index (χ2v) is 5.86. The average molecular weight is 245 g/mol. The Hall–Kier alpha value is -0.120. The first-order chi connectivity index (χ1) is 7.92. The SMILES string of the molecule is CC(C)CCCNCCOCCOC(C)(C)C. The third kappa shape index (κ3) is 15.9. The largest absolute Gasteiger partial charge is 0.378 e. The minimum Gasteiger partial charge on any atom is -0.378 e. The molecule has 0 aromatic rings. The predicted octanol–water partition coefficient (Wildman–Crippen LogP) is 2.84. The molecule has 0 fully saturated rings. The van der Waals surface area contributed by atoms with E-state index in [0.29, 0.717) is 13.2 Å². The molecule has 104 valence electrons. The van der Waals surface area contributed by atoms with Gasteiger partial charge in [-0.15, -0.1) is 0 Å². The Morgan fingerprint density at radius 2 is 1.71 bits per heavy atom. The van der Waals surface area contributed by atoms with Crippen molar-refractivity contribution in [1.82, 2.24) is 5.32 Å². The van der Waals surface area contributed by atoms with Crippen LogP contribution >= 0.6 is 0 Å². The van der Waals surface area contributed by atoms with Crippen LogP contribution in [0.25, 0.3) is 0 Å². The van der Waals surface area contributed by atoms with Crippen molar-refractivity contribution in [2.24, 2.45) is 5.92 Å². The van der Waals surface area contributed by atoms with E-state index >= 15 is 0 Å². The molecular weight excluding hydrogens is 214 g/mol. The van der Waals surface area contributed by atoms with Gasteiger partial charge >= 0.3 is 0 Å². The van der Waals surface area contributed by atoms with Crippen molar-refractivity contribution in [1.29, 1.82) is 0 Å². The molecule has 3 nitrogen and oxygen atoms in total. The van der Waals surface area contributed by atoms with Gasteiger partial charge in [0.2, 0.25) is 0 Å². The van der Waals surface area contributed by atoms with Crippen molar-refractivity contribution in [3.05, 3.63) is 0 Å². The molecule has 0 bridgehead atoms. The second-order valence-electron chi connectivity index (χ2n) is 5.86. The molecule has 0 aromatic carbocycles. The Kier molecular flexibility index (Phi) is 9.79. The van der Waals surface area contributed by atoms with E-state index in [9.17, 15) is 0 Å². The minimum absolute atomic E-state index is 0.0571. The molecule has 0 aliphatic rings. The van der Waals surface area contributed by atoms with Crippen LogP contribution in [0.15, 0.2) is 0 Å². The first-order valence-electron chi connectivity index (χ1n) is 6.84. The molecule has 0 amide bonds. The average Bonchev–Trinajstić information content (AvgIpc) is 2.18. The summed E-state index contributed by atoms with van der Waals surface area (Å²) in [6.07, 6.45) is 2.55. The fourth-order valence-corrected chi connectivity index (χ4v) is 1.41. The van der Waals surface area contributed by atoms with Crippen molar-refractivity contribution in [2.75, 3.05) is 32.9 Å². The third-order valence-electron chi connectivity index (χ3n) is 2.32. The van der Waals surface area contributed by atoms with Crippen molar-refractivity contribution in [2.45, 2.75) is 53.1 Å². The smallest absolute Gasteiger partial charge is 0.0707 e. The third-order valence-corrected chi connectivity index (χ3v) is 2.32. The Morgan fingerprint density at radius 3 is 2.29 bits per heavy atom. The lowest BCUT2D eigenvalue weighted by atomic mass is 10.1. The fourth-order valence-electron chi connectivity index (χ4n) is 1.41. The van der Waals surface area contributed by atoms with Crippen molar-refractivity contribution >= 4 is 0 Å². The van der Waals surface area contributed by atoms with Gasteiger partial charge in [0.15, 0.2) is 0 Å². The summed E-state index contributed by atoms with van der Waals surface area (Å²) in [5.74, 6) is 0.808. The van der Waals surface area contributed by atoms with Gasteiger partial charge in [-0.05, 0) is 46.1 Å². The zero-order valence-corrected chi connectivity index (χ0v) is 12.3. The maximum Gasteiger partial charge on any atom is 0.0707 e. The van der Waals surface area contributed by atoms with Gasteiger partial charge in [-0.25, -0.2) is 0 Å². The summed E-state index contributed by atoms with van der Waals surface area (Å²) in [5.41, 5.74) is -0.0571. The second kappa shape index (κ2) is 9.86. The van der Waals surface area contributed by atoms with Gasteiger partial charge in [-0.2, -0.15) is 0 Å². The summed E-state index contributed by atoms with van der Waals surface area (Å²) in [5, 5.41) is 3.38. The zero-order valence-electron chi connectivity index (χ0n) is 12.3. The zero-order chi connectivity index (χ0) is 13.1. The van der Waals surface area contributed by atoms with E-state index in [1.165, 1.54) is 12.8 Å². The van der Waals surface area contributed by atoms with Crippen LogP contribution in [0.5, 0.6) is 0 Å². The quantitative estimate of drug-likeness (QED) is 0.600.